The maximum atomic E-state index is 6.19. The van der Waals surface area contributed by atoms with E-state index in [4.69, 9.17) is 21.4 Å². The summed E-state index contributed by atoms with van der Waals surface area (Å²) in [6.07, 6.45) is 1.03. The fourth-order valence-electron chi connectivity index (χ4n) is 4.36. The second-order valence-electron chi connectivity index (χ2n) is 8.67. The van der Waals surface area contributed by atoms with Crippen LogP contribution in [0.5, 0.6) is 0 Å². The fourth-order valence-corrected chi connectivity index (χ4v) is 4.73. The number of benzene rings is 2. The quantitative estimate of drug-likeness (QED) is 0.476. The topological polar surface area (TPSA) is 40.9 Å². The predicted molar refractivity (Wildman–Crippen MR) is 135 cm³/mol. The highest BCUT2D eigenvalue weighted by Crippen LogP contribution is 2.28. The molecule has 1 saturated heterocycles. The van der Waals surface area contributed by atoms with Gasteiger partial charge in [-0.25, -0.2) is 0 Å². The number of anilines is 1. The molecule has 0 unspecified atom stereocenters. The van der Waals surface area contributed by atoms with Gasteiger partial charge in [0.2, 0.25) is 0 Å². The van der Waals surface area contributed by atoms with E-state index in [-0.39, 0.29) is 6.04 Å². The van der Waals surface area contributed by atoms with E-state index < -0.39 is 0 Å². The highest BCUT2D eigenvalue weighted by molar-refractivity contribution is 7.80. The first-order valence-corrected chi connectivity index (χ1v) is 11.8. The molecule has 32 heavy (non-hydrogen) atoms. The summed E-state index contributed by atoms with van der Waals surface area (Å²) in [5, 5.41) is 5.33. The van der Waals surface area contributed by atoms with Crippen LogP contribution in [0.4, 0.5) is 5.69 Å². The third-order valence-electron chi connectivity index (χ3n) is 6.03. The molecule has 1 aromatic heterocycles. The van der Waals surface area contributed by atoms with Gasteiger partial charge in [-0.2, -0.15) is 0 Å². The molecule has 1 N–H and O–H groups in total. The van der Waals surface area contributed by atoms with Gasteiger partial charge in [0.25, 0.3) is 0 Å². The van der Waals surface area contributed by atoms with E-state index in [2.05, 4.69) is 66.2 Å². The zero-order valence-electron chi connectivity index (χ0n) is 19.3. The standard InChI is InChI=1S/C26H33N3O2S/c1-19-15-20(2)17-23(16-19)27-26(32)29(10-6-9-28-11-13-30-14-12-28)21(3)25-18-22-7-4-5-8-24(22)31-25/h4-5,7-8,15-18,21H,6,9-14H2,1-3H3,(H,27,32)/t21-/m0/s1. The zero-order chi connectivity index (χ0) is 22.5. The molecule has 2 heterocycles. The van der Waals surface area contributed by atoms with Crippen molar-refractivity contribution in [2.45, 2.75) is 33.2 Å². The first-order valence-electron chi connectivity index (χ1n) is 11.4. The van der Waals surface area contributed by atoms with Gasteiger partial charge >= 0.3 is 0 Å². The molecule has 4 rings (SSSR count). The lowest BCUT2D eigenvalue weighted by molar-refractivity contribution is 0.0365. The number of fused-ring (bicyclic) bond motifs is 1. The molecule has 0 aliphatic carbocycles. The van der Waals surface area contributed by atoms with Crippen LogP contribution in [-0.4, -0.2) is 54.3 Å². The van der Waals surface area contributed by atoms with Crippen molar-refractivity contribution >= 4 is 34.0 Å². The van der Waals surface area contributed by atoms with Crippen molar-refractivity contribution in [3.8, 4) is 0 Å². The number of nitrogens with zero attached hydrogens (tertiary/aromatic N) is 2. The Bertz CT molecular complexity index is 1000. The fraction of sp³-hybridized carbons (Fsp3) is 0.423. The molecule has 170 valence electrons. The Morgan fingerprint density at radius 1 is 1.09 bits per heavy atom. The van der Waals surface area contributed by atoms with Gasteiger partial charge in [0.1, 0.15) is 11.3 Å². The Labute approximate surface area is 196 Å². The van der Waals surface area contributed by atoms with E-state index in [1.165, 1.54) is 11.1 Å². The molecule has 5 nitrogen and oxygen atoms in total. The average molecular weight is 452 g/mol. The first kappa shape index (κ1) is 22.8. The molecule has 0 spiro atoms. The Balaban J connectivity index is 1.51. The molecule has 0 amide bonds. The van der Waals surface area contributed by atoms with Crippen LogP contribution in [0.15, 0.2) is 52.9 Å². The van der Waals surface area contributed by atoms with E-state index in [1.807, 2.05) is 18.2 Å². The van der Waals surface area contributed by atoms with Crippen molar-refractivity contribution in [2.75, 3.05) is 44.7 Å². The third kappa shape index (κ3) is 5.68. The smallest absolute Gasteiger partial charge is 0.174 e. The molecule has 6 heteroatoms. The Kier molecular flexibility index (Phi) is 7.45. The lowest BCUT2D eigenvalue weighted by Crippen LogP contribution is -2.41. The third-order valence-corrected chi connectivity index (χ3v) is 6.37. The van der Waals surface area contributed by atoms with Gasteiger partial charge in [-0.15, -0.1) is 0 Å². The van der Waals surface area contributed by atoms with Crippen LogP contribution < -0.4 is 5.32 Å². The summed E-state index contributed by atoms with van der Waals surface area (Å²) in [6.45, 7) is 11.9. The summed E-state index contributed by atoms with van der Waals surface area (Å²) >= 11 is 5.91. The number of rotatable bonds is 7. The monoisotopic (exact) mass is 451 g/mol. The summed E-state index contributed by atoms with van der Waals surface area (Å²) in [5.41, 5.74) is 4.39. The van der Waals surface area contributed by atoms with Crippen molar-refractivity contribution in [3.05, 3.63) is 65.4 Å². The maximum Gasteiger partial charge on any atom is 0.174 e. The van der Waals surface area contributed by atoms with E-state index in [9.17, 15) is 0 Å². The SMILES string of the molecule is Cc1cc(C)cc(NC(=S)N(CCCN2CCOCC2)[C@@H](C)c2cc3ccccc3o2)c1. The summed E-state index contributed by atoms with van der Waals surface area (Å²) in [4.78, 5) is 4.72. The number of ether oxygens (including phenoxy) is 1. The number of aryl methyl sites for hydroxylation is 2. The summed E-state index contributed by atoms with van der Waals surface area (Å²) in [7, 11) is 0. The molecule has 1 aliphatic heterocycles. The molecule has 0 radical (unpaired) electrons. The summed E-state index contributed by atoms with van der Waals surface area (Å²) < 4.78 is 11.7. The van der Waals surface area contributed by atoms with Crippen LogP contribution >= 0.6 is 12.2 Å². The molecule has 3 aromatic rings. The number of para-hydroxylation sites is 1. The average Bonchev–Trinajstić information content (AvgIpc) is 3.20. The van der Waals surface area contributed by atoms with Crippen molar-refractivity contribution in [2.24, 2.45) is 0 Å². The van der Waals surface area contributed by atoms with Gasteiger partial charge in [0.15, 0.2) is 5.11 Å². The van der Waals surface area contributed by atoms with Crippen LogP contribution in [0, 0.1) is 13.8 Å². The second kappa shape index (κ2) is 10.5. The van der Waals surface area contributed by atoms with Gasteiger partial charge in [-0.1, -0.05) is 24.3 Å². The van der Waals surface area contributed by atoms with Gasteiger partial charge in [0, 0.05) is 37.3 Å². The minimum absolute atomic E-state index is 0.0259. The molecule has 1 aliphatic rings. The van der Waals surface area contributed by atoms with E-state index in [1.54, 1.807) is 0 Å². The number of nitrogens with one attached hydrogen (secondary N) is 1. The predicted octanol–water partition coefficient (Wildman–Crippen LogP) is 5.53. The number of furan rings is 1. The second-order valence-corrected chi connectivity index (χ2v) is 9.06. The molecule has 1 atom stereocenters. The minimum Gasteiger partial charge on any atom is -0.459 e. The van der Waals surface area contributed by atoms with Crippen molar-refractivity contribution in [3.63, 3.8) is 0 Å². The molecule has 0 saturated carbocycles. The minimum atomic E-state index is 0.0259. The number of thiocarbonyl (C=S) groups is 1. The van der Waals surface area contributed by atoms with E-state index >= 15 is 0 Å². The van der Waals surface area contributed by atoms with Gasteiger partial charge in [-0.3, -0.25) is 4.90 Å². The van der Waals surface area contributed by atoms with Crippen molar-refractivity contribution in [1.29, 1.82) is 0 Å². The highest BCUT2D eigenvalue weighted by atomic mass is 32.1. The lowest BCUT2D eigenvalue weighted by Gasteiger charge is -2.32. The number of hydrogen-bond acceptors (Lipinski definition) is 4. The number of hydrogen-bond donors (Lipinski definition) is 1. The van der Waals surface area contributed by atoms with Crippen LogP contribution in [0.3, 0.4) is 0 Å². The highest BCUT2D eigenvalue weighted by Gasteiger charge is 2.23. The Morgan fingerprint density at radius 2 is 1.81 bits per heavy atom. The lowest BCUT2D eigenvalue weighted by atomic mass is 10.1. The molecule has 1 fully saturated rings. The zero-order valence-corrected chi connectivity index (χ0v) is 20.1. The van der Waals surface area contributed by atoms with Crippen LogP contribution in [-0.2, 0) is 4.74 Å². The molecular formula is C26H33N3O2S. The Morgan fingerprint density at radius 3 is 2.53 bits per heavy atom. The number of morpholine rings is 1. The van der Waals surface area contributed by atoms with Gasteiger partial charge in [-0.05, 0) is 74.8 Å². The van der Waals surface area contributed by atoms with Crippen LogP contribution in [0.1, 0.15) is 36.3 Å². The van der Waals surface area contributed by atoms with Crippen LogP contribution in [0.2, 0.25) is 0 Å². The van der Waals surface area contributed by atoms with Gasteiger partial charge in [0.05, 0.1) is 19.3 Å². The molecule has 0 bridgehead atoms. The maximum absolute atomic E-state index is 6.19. The first-order chi connectivity index (χ1) is 15.5. The van der Waals surface area contributed by atoms with Gasteiger partial charge < -0.3 is 19.4 Å². The Hall–Kier alpha value is -2.41. The van der Waals surface area contributed by atoms with E-state index in [0.717, 1.165) is 73.3 Å². The normalized spacial score (nSPS) is 15.6. The molecular weight excluding hydrogens is 418 g/mol. The summed E-state index contributed by atoms with van der Waals surface area (Å²) in [5.74, 6) is 0.933. The molecule has 2 aromatic carbocycles. The van der Waals surface area contributed by atoms with E-state index in [0.29, 0.717) is 0 Å². The van der Waals surface area contributed by atoms with Crippen LogP contribution in [0.25, 0.3) is 11.0 Å². The van der Waals surface area contributed by atoms with Crippen molar-refractivity contribution < 1.29 is 9.15 Å². The largest absolute Gasteiger partial charge is 0.459 e. The summed E-state index contributed by atoms with van der Waals surface area (Å²) in [6, 6.07) is 16.8. The van der Waals surface area contributed by atoms with Crippen molar-refractivity contribution in [1.82, 2.24) is 9.80 Å².